The highest BCUT2D eigenvalue weighted by molar-refractivity contribution is 7.27. The van der Waals surface area contributed by atoms with Gasteiger partial charge in [-0.25, -0.2) is 4.39 Å². The van der Waals surface area contributed by atoms with Crippen LogP contribution in [0.3, 0.4) is 0 Å². The van der Waals surface area contributed by atoms with Gasteiger partial charge in [0.25, 0.3) is 0 Å². The van der Waals surface area contributed by atoms with Crippen molar-refractivity contribution in [1.82, 2.24) is 19.7 Å². The lowest BCUT2D eigenvalue weighted by atomic mass is 10.0. The molecule has 2 N–H and O–H groups in total. The summed E-state index contributed by atoms with van der Waals surface area (Å²) in [5.41, 5.74) is 7.69. The van der Waals surface area contributed by atoms with Crippen LogP contribution in [0.5, 0.6) is 0 Å². The molecule has 8 heteroatoms. The fourth-order valence-corrected chi connectivity index (χ4v) is 3.54. The molecular weight excluding hydrogens is 352 g/mol. The second-order valence-electron chi connectivity index (χ2n) is 6.82. The highest BCUT2D eigenvalue weighted by Crippen LogP contribution is 2.16. The van der Waals surface area contributed by atoms with Gasteiger partial charge < -0.3 is 15.2 Å². The third kappa shape index (κ3) is 3.94. The van der Waals surface area contributed by atoms with Gasteiger partial charge in [-0.1, -0.05) is 13.0 Å². The summed E-state index contributed by atoms with van der Waals surface area (Å²) < 4.78 is 16.2. The molecule has 0 fully saturated rings. The average molecular weight is 377 g/mol. The maximum absolute atomic E-state index is 14.1. The molecule has 3 rings (SSSR count). The van der Waals surface area contributed by atoms with E-state index < -0.39 is 6.04 Å². The fraction of sp³-hybridized carbons (Fsp3) is 0.500. The predicted molar refractivity (Wildman–Crippen MR) is 102 cm³/mol. The van der Waals surface area contributed by atoms with Gasteiger partial charge >= 0.3 is 0 Å². The van der Waals surface area contributed by atoms with Crippen molar-refractivity contribution in [1.29, 1.82) is 0 Å². The zero-order chi connectivity index (χ0) is 18.8. The van der Waals surface area contributed by atoms with Crippen molar-refractivity contribution in [3.63, 3.8) is 0 Å². The van der Waals surface area contributed by atoms with Crippen LogP contribution in [0, 0.1) is 12.7 Å². The number of fused-ring (bicyclic) bond motifs is 1. The summed E-state index contributed by atoms with van der Waals surface area (Å²) in [5.74, 6) is 1.46. The second kappa shape index (κ2) is 7.80. The molecule has 0 bridgehead atoms. The number of aryl methyl sites for hydroxylation is 2. The number of nitrogens with two attached hydrogens (primary N) is 1. The summed E-state index contributed by atoms with van der Waals surface area (Å²) in [7, 11) is 2.52. The first-order valence-electron chi connectivity index (χ1n) is 8.87. The number of amides is 1. The Labute approximate surface area is 155 Å². The van der Waals surface area contributed by atoms with Gasteiger partial charge in [0, 0.05) is 32.0 Å². The molecule has 1 aliphatic heterocycles. The third-order valence-corrected chi connectivity index (χ3v) is 5.47. The van der Waals surface area contributed by atoms with Crippen molar-refractivity contribution in [2.45, 2.75) is 52.2 Å². The summed E-state index contributed by atoms with van der Waals surface area (Å²) in [6.07, 6.45) is 1.36. The van der Waals surface area contributed by atoms with Crippen LogP contribution in [0.4, 0.5) is 4.39 Å². The first-order chi connectivity index (χ1) is 12.4. The molecular formula is C18H25FN5OP. The van der Waals surface area contributed by atoms with Gasteiger partial charge in [-0.15, -0.1) is 19.4 Å². The van der Waals surface area contributed by atoms with Crippen molar-refractivity contribution in [2.75, 3.05) is 6.54 Å². The molecule has 1 unspecified atom stereocenters. The zero-order valence-electron chi connectivity index (χ0n) is 15.2. The molecule has 1 amide bonds. The summed E-state index contributed by atoms with van der Waals surface area (Å²) in [6, 6.07) is 2.88. The van der Waals surface area contributed by atoms with Crippen molar-refractivity contribution in [3.05, 3.63) is 40.7 Å². The molecule has 140 valence electrons. The predicted octanol–water partition coefficient (Wildman–Crippen LogP) is 1.09. The molecule has 0 saturated carbocycles. The van der Waals surface area contributed by atoms with Crippen molar-refractivity contribution < 1.29 is 9.18 Å². The minimum atomic E-state index is -0.419. The molecule has 26 heavy (non-hydrogen) atoms. The van der Waals surface area contributed by atoms with E-state index in [1.807, 2.05) is 13.8 Å². The molecule has 2 atom stereocenters. The number of rotatable bonds is 5. The van der Waals surface area contributed by atoms with Gasteiger partial charge in [-0.2, -0.15) is 0 Å². The van der Waals surface area contributed by atoms with Crippen LogP contribution >= 0.6 is 9.24 Å². The van der Waals surface area contributed by atoms with Crippen LogP contribution in [0.2, 0.25) is 0 Å². The van der Waals surface area contributed by atoms with Crippen LogP contribution in [0.15, 0.2) is 12.1 Å². The SMILES string of the molecule is CCc1nnc2n1CCN(C(=O)C[C@H](N)Cc1cc(C)c(P)cc1F)C2. The van der Waals surface area contributed by atoms with Crippen molar-refractivity contribution in [2.24, 2.45) is 5.73 Å². The highest BCUT2D eigenvalue weighted by Gasteiger charge is 2.25. The monoisotopic (exact) mass is 377 g/mol. The molecule has 0 radical (unpaired) electrons. The Morgan fingerprint density at radius 3 is 2.88 bits per heavy atom. The van der Waals surface area contributed by atoms with E-state index in [9.17, 15) is 9.18 Å². The Bertz CT molecular complexity index is 822. The maximum atomic E-state index is 14.1. The molecule has 1 aliphatic rings. The van der Waals surface area contributed by atoms with Gasteiger partial charge in [0.2, 0.25) is 5.91 Å². The largest absolute Gasteiger partial charge is 0.333 e. The molecule has 1 aromatic heterocycles. The van der Waals surface area contributed by atoms with E-state index in [-0.39, 0.29) is 18.1 Å². The number of carbonyl (C=O) groups excluding carboxylic acids is 1. The Hall–Kier alpha value is -1.85. The Morgan fingerprint density at radius 2 is 2.15 bits per heavy atom. The molecule has 1 aromatic carbocycles. The Kier molecular flexibility index (Phi) is 5.68. The minimum Gasteiger partial charge on any atom is -0.333 e. The van der Waals surface area contributed by atoms with Gasteiger partial charge in [0.05, 0.1) is 6.54 Å². The number of halogens is 1. The van der Waals surface area contributed by atoms with Crippen molar-refractivity contribution >= 4 is 20.5 Å². The van der Waals surface area contributed by atoms with E-state index in [0.717, 1.165) is 28.9 Å². The number of hydrogen-bond acceptors (Lipinski definition) is 4. The molecule has 0 aliphatic carbocycles. The maximum Gasteiger partial charge on any atom is 0.224 e. The van der Waals surface area contributed by atoms with Crippen LogP contribution < -0.4 is 11.0 Å². The summed E-state index contributed by atoms with van der Waals surface area (Å²) in [6.45, 7) is 5.75. The first kappa shape index (κ1) is 18.9. The summed E-state index contributed by atoms with van der Waals surface area (Å²) in [4.78, 5) is 14.3. The lowest BCUT2D eigenvalue weighted by molar-refractivity contribution is -0.133. The van der Waals surface area contributed by atoms with Gasteiger partial charge in [-0.05, 0) is 35.8 Å². The smallest absolute Gasteiger partial charge is 0.224 e. The highest BCUT2D eigenvalue weighted by atomic mass is 31.0. The van der Waals surface area contributed by atoms with Crippen LogP contribution in [0.25, 0.3) is 0 Å². The van der Waals surface area contributed by atoms with E-state index >= 15 is 0 Å². The number of carbonyl (C=O) groups is 1. The lowest BCUT2D eigenvalue weighted by Gasteiger charge is -2.28. The number of nitrogens with zero attached hydrogens (tertiary/aromatic N) is 4. The van der Waals surface area contributed by atoms with E-state index in [1.165, 1.54) is 6.07 Å². The Balaban J connectivity index is 1.60. The van der Waals surface area contributed by atoms with Gasteiger partial charge in [-0.3, -0.25) is 4.79 Å². The number of aromatic nitrogens is 3. The third-order valence-electron chi connectivity index (χ3n) is 4.85. The molecule has 0 saturated heterocycles. The standard InChI is InChI=1S/C18H25FN5OP/c1-3-16-21-22-17-10-23(4-5-24(16)17)18(25)8-13(20)7-12-6-11(2)15(26)9-14(12)19/h6,9,13H,3-5,7-8,10,20,26H2,1-2H3/t13-/m1/s1. The average Bonchev–Trinajstić information content (AvgIpc) is 3.01. The summed E-state index contributed by atoms with van der Waals surface area (Å²) in [5, 5.41) is 9.16. The number of hydrogen-bond donors (Lipinski definition) is 1. The van der Waals surface area contributed by atoms with Crippen LogP contribution in [-0.2, 0) is 30.7 Å². The van der Waals surface area contributed by atoms with E-state index in [2.05, 4.69) is 24.0 Å². The second-order valence-corrected chi connectivity index (χ2v) is 7.44. The Morgan fingerprint density at radius 1 is 1.38 bits per heavy atom. The van der Waals surface area contributed by atoms with E-state index in [0.29, 0.717) is 31.6 Å². The van der Waals surface area contributed by atoms with Gasteiger partial charge in [0.15, 0.2) is 5.82 Å². The quantitative estimate of drug-likeness (QED) is 0.792. The minimum absolute atomic E-state index is 0.0235. The molecule has 2 aromatic rings. The van der Waals surface area contributed by atoms with Crippen LogP contribution in [0.1, 0.15) is 36.1 Å². The first-order valence-corrected chi connectivity index (χ1v) is 9.45. The molecule has 6 nitrogen and oxygen atoms in total. The summed E-state index contributed by atoms with van der Waals surface area (Å²) >= 11 is 0. The van der Waals surface area contributed by atoms with Crippen molar-refractivity contribution in [3.8, 4) is 0 Å². The molecule has 2 heterocycles. The normalized spacial score (nSPS) is 15.0. The zero-order valence-corrected chi connectivity index (χ0v) is 16.4. The van der Waals surface area contributed by atoms with E-state index in [4.69, 9.17) is 5.73 Å². The van der Waals surface area contributed by atoms with E-state index in [1.54, 1.807) is 11.0 Å². The number of benzene rings is 1. The lowest BCUT2D eigenvalue weighted by Crippen LogP contribution is -2.41. The fourth-order valence-electron chi connectivity index (χ4n) is 3.31. The van der Waals surface area contributed by atoms with Gasteiger partial charge in [0.1, 0.15) is 11.6 Å². The topological polar surface area (TPSA) is 77.0 Å². The molecule has 0 spiro atoms. The van der Waals surface area contributed by atoms with Crippen LogP contribution in [-0.4, -0.2) is 38.2 Å².